The van der Waals surface area contributed by atoms with E-state index in [0.717, 1.165) is 19.3 Å². The summed E-state index contributed by atoms with van der Waals surface area (Å²) in [5.74, 6) is -0.418. The van der Waals surface area contributed by atoms with E-state index in [1.165, 1.54) is 0 Å². The van der Waals surface area contributed by atoms with Crippen molar-refractivity contribution >= 4 is 12.0 Å². The first kappa shape index (κ1) is 14.8. The first-order valence-electron chi connectivity index (χ1n) is 7.16. The van der Waals surface area contributed by atoms with Gasteiger partial charge in [0.05, 0.1) is 25.7 Å². The molecule has 0 aromatic carbocycles. The number of amides is 2. The fourth-order valence-electron chi connectivity index (χ4n) is 2.67. The van der Waals surface area contributed by atoms with E-state index in [0.29, 0.717) is 32.2 Å². The van der Waals surface area contributed by atoms with Crippen LogP contribution in [0, 0.1) is 5.92 Å². The van der Waals surface area contributed by atoms with Crippen LogP contribution in [0.5, 0.6) is 0 Å². The number of nitrogens with one attached hydrogen (secondary N) is 1. The number of carbonyl (C=O) groups excluding carboxylic acids is 1. The Balaban J connectivity index is 1.82. The van der Waals surface area contributed by atoms with Gasteiger partial charge in [0.25, 0.3) is 0 Å². The average Bonchev–Trinajstić information content (AvgIpc) is 2.46. The molecule has 1 fully saturated rings. The lowest BCUT2D eigenvalue weighted by atomic mass is 9.94. The van der Waals surface area contributed by atoms with Gasteiger partial charge in [0.2, 0.25) is 0 Å². The zero-order chi connectivity index (χ0) is 14.4. The zero-order valence-corrected chi connectivity index (χ0v) is 11.6. The Morgan fingerprint density at radius 3 is 2.95 bits per heavy atom. The number of aliphatic carboxylic acids is 1. The number of hydrogen-bond donors (Lipinski definition) is 2. The first-order chi connectivity index (χ1) is 9.66. The summed E-state index contributed by atoms with van der Waals surface area (Å²) in [6.45, 7) is 1.87. The van der Waals surface area contributed by atoms with Gasteiger partial charge in [-0.1, -0.05) is 12.2 Å². The van der Waals surface area contributed by atoms with Crippen LogP contribution >= 0.6 is 0 Å². The van der Waals surface area contributed by atoms with Gasteiger partial charge in [0.15, 0.2) is 0 Å². The van der Waals surface area contributed by atoms with Crippen LogP contribution in [0.3, 0.4) is 0 Å². The molecule has 0 spiro atoms. The second-order valence-corrected chi connectivity index (χ2v) is 5.36. The standard InChI is InChI=1S/C14H22N2O4/c17-13(18)8-12-10-20-7-6-16(12)14(19)15-9-11-4-2-1-3-5-11/h1-2,11-12H,3-10H2,(H,15,19)(H,17,18). The summed E-state index contributed by atoms with van der Waals surface area (Å²) in [4.78, 5) is 24.6. The highest BCUT2D eigenvalue weighted by Gasteiger charge is 2.29. The fraction of sp³-hybridized carbons (Fsp3) is 0.714. The average molecular weight is 282 g/mol. The van der Waals surface area contributed by atoms with Crippen molar-refractivity contribution in [2.75, 3.05) is 26.3 Å². The third-order valence-electron chi connectivity index (χ3n) is 3.82. The second kappa shape index (κ2) is 7.28. The fourth-order valence-corrected chi connectivity index (χ4v) is 2.67. The number of allylic oxidation sites excluding steroid dienone is 2. The molecule has 1 heterocycles. The molecule has 2 unspecified atom stereocenters. The first-order valence-corrected chi connectivity index (χ1v) is 7.16. The summed E-state index contributed by atoms with van der Waals surface area (Å²) in [6, 6.07) is -0.540. The molecule has 0 bridgehead atoms. The lowest BCUT2D eigenvalue weighted by Gasteiger charge is -2.35. The van der Waals surface area contributed by atoms with Gasteiger partial charge in [0, 0.05) is 13.1 Å². The maximum Gasteiger partial charge on any atom is 0.317 e. The summed E-state index contributed by atoms with van der Waals surface area (Å²) in [7, 11) is 0. The Labute approximate surface area is 118 Å². The van der Waals surface area contributed by atoms with Gasteiger partial charge in [-0.15, -0.1) is 0 Å². The molecule has 2 atom stereocenters. The van der Waals surface area contributed by atoms with Crippen molar-refractivity contribution in [2.45, 2.75) is 31.7 Å². The summed E-state index contributed by atoms with van der Waals surface area (Å²) in [5, 5.41) is 11.8. The molecule has 1 saturated heterocycles. The van der Waals surface area contributed by atoms with E-state index < -0.39 is 5.97 Å². The number of carboxylic acids is 1. The maximum absolute atomic E-state index is 12.2. The van der Waals surface area contributed by atoms with Gasteiger partial charge in [-0.05, 0) is 25.2 Å². The zero-order valence-electron chi connectivity index (χ0n) is 11.6. The number of carboxylic acid groups (broad SMARTS) is 1. The predicted octanol–water partition coefficient (Wildman–Crippen LogP) is 1.23. The van der Waals surface area contributed by atoms with Crippen molar-refractivity contribution in [3.05, 3.63) is 12.2 Å². The number of morpholine rings is 1. The lowest BCUT2D eigenvalue weighted by molar-refractivity contribution is -0.139. The van der Waals surface area contributed by atoms with Gasteiger partial charge in [0.1, 0.15) is 0 Å². The van der Waals surface area contributed by atoms with Crippen molar-refractivity contribution < 1.29 is 19.4 Å². The molecule has 1 aliphatic carbocycles. The number of urea groups is 1. The third kappa shape index (κ3) is 4.23. The van der Waals surface area contributed by atoms with Crippen LogP contribution in [-0.2, 0) is 9.53 Å². The number of carbonyl (C=O) groups is 2. The molecule has 0 saturated carbocycles. The van der Waals surface area contributed by atoms with E-state index in [9.17, 15) is 9.59 Å². The van der Waals surface area contributed by atoms with Gasteiger partial charge in [-0.25, -0.2) is 4.79 Å². The Bertz CT molecular complexity index is 383. The van der Waals surface area contributed by atoms with E-state index in [1.54, 1.807) is 4.90 Å². The minimum atomic E-state index is -0.907. The third-order valence-corrected chi connectivity index (χ3v) is 3.82. The maximum atomic E-state index is 12.2. The Morgan fingerprint density at radius 2 is 2.25 bits per heavy atom. The summed E-state index contributed by atoms with van der Waals surface area (Å²) >= 11 is 0. The molecule has 2 rings (SSSR count). The molecular formula is C14H22N2O4. The van der Waals surface area contributed by atoms with E-state index in [4.69, 9.17) is 9.84 Å². The van der Waals surface area contributed by atoms with Crippen LogP contribution in [0.2, 0.25) is 0 Å². The molecule has 112 valence electrons. The largest absolute Gasteiger partial charge is 0.481 e. The van der Waals surface area contributed by atoms with E-state index in [1.807, 2.05) is 0 Å². The topological polar surface area (TPSA) is 78.9 Å². The van der Waals surface area contributed by atoms with Gasteiger partial charge < -0.3 is 20.1 Å². The van der Waals surface area contributed by atoms with Crippen molar-refractivity contribution in [3.8, 4) is 0 Å². The monoisotopic (exact) mass is 282 g/mol. The van der Waals surface area contributed by atoms with Gasteiger partial charge >= 0.3 is 12.0 Å². The SMILES string of the molecule is O=C(O)CC1COCCN1C(=O)NCC1CC=CCC1. The van der Waals surface area contributed by atoms with Crippen LogP contribution in [0.1, 0.15) is 25.7 Å². The molecule has 0 aromatic heterocycles. The summed E-state index contributed by atoms with van der Waals surface area (Å²) in [5.41, 5.74) is 0. The highest BCUT2D eigenvalue weighted by Crippen LogP contribution is 2.17. The number of hydrogen-bond acceptors (Lipinski definition) is 3. The van der Waals surface area contributed by atoms with Crippen LogP contribution in [-0.4, -0.2) is 54.4 Å². The quantitative estimate of drug-likeness (QED) is 0.760. The molecule has 2 aliphatic rings. The van der Waals surface area contributed by atoms with Crippen molar-refractivity contribution in [3.63, 3.8) is 0 Å². The number of rotatable bonds is 4. The van der Waals surface area contributed by atoms with Crippen LogP contribution < -0.4 is 5.32 Å². The Hall–Kier alpha value is -1.56. The van der Waals surface area contributed by atoms with E-state index in [-0.39, 0.29) is 18.5 Å². The lowest BCUT2D eigenvalue weighted by Crippen LogP contribution is -2.53. The number of nitrogens with zero attached hydrogens (tertiary/aromatic N) is 1. The molecule has 6 nitrogen and oxygen atoms in total. The van der Waals surface area contributed by atoms with Crippen molar-refractivity contribution in [1.29, 1.82) is 0 Å². The Kier molecular flexibility index (Phi) is 5.40. The summed E-state index contributed by atoms with van der Waals surface area (Å²) in [6.07, 6.45) is 7.42. The van der Waals surface area contributed by atoms with Crippen LogP contribution in [0.4, 0.5) is 4.79 Å². The minimum Gasteiger partial charge on any atom is -0.481 e. The predicted molar refractivity (Wildman–Crippen MR) is 73.4 cm³/mol. The van der Waals surface area contributed by atoms with Crippen LogP contribution in [0.15, 0.2) is 12.2 Å². The normalized spacial score (nSPS) is 26.3. The molecular weight excluding hydrogens is 260 g/mol. The van der Waals surface area contributed by atoms with Crippen molar-refractivity contribution in [1.82, 2.24) is 10.2 Å². The van der Waals surface area contributed by atoms with Gasteiger partial charge in [-0.2, -0.15) is 0 Å². The Morgan fingerprint density at radius 1 is 1.40 bits per heavy atom. The second-order valence-electron chi connectivity index (χ2n) is 5.36. The van der Waals surface area contributed by atoms with E-state index >= 15 is 0 Å². The molecule has 2 N–H and O–H groups in total. The molecule has 2 amide bonds. The van der Waals surface area contributed by atoms with Crippen molar-refractivity contribution in [2.24, 2.45) is 5.92 Å². The minimum absolute atomic E-state index is 0.0699. The molecule has 6 heteroatoms. The van der Waals surface area contributed by atoms with E-state index in [2.05, 4.69) is 17.5 Å². The highest BCUT2D eigenvalue weighted by atomic mass is 16.5. The number of ether oxygens (including phenoxy) is 1. The molecule has 0 radical (unpaired) electrons. The van der Waals surface area contributed by atoms with Gasteiger partial charge in [-0.3, -0.25) is 4.79 Å². The molecule has 0 aromatic rings. The van der Waals surface area contributed by atoms with Crippen LogP contribution in [0.25, 0.3) is 0 Å². The smallest absolute Gasteiger partial charge is 0.317 e. The highest BCUT2D eigenvalue weighted by molar-refractivity contribution is 5.76. The molecule has 20 heavy (non-hydrogen) atoms. The molecule has 1 aliphatic heterocycles. The summed E-state index contributed by atoms with van der Waals surface area (Å²) < 4.78 is 5.26.